The van der Waals surface area contributed by atoms with Crippen LogP contribution in [0, 0.1) is 0 Å². The number of halogens is 1. The topological polar surface area (TPSA) is 61.2 Å². The summed E-state index contributed by atoms with van der Waals surface area (Å²) in [6, 6.07) is 9.66. The molecule has 0 bridgehead atoms. The fraction of sp³-hybridized carbons (Fsp3) is 0.118. The predicted octanol–water partition coefficient (Wildman–Crippen LogP) is 4.43. The van der Waals surface area contributed by atoms with Crippen LogP contribution in [-0.2, 0) is 12.3 Å². The Bertz CT molecular complexity index is 1000. The van der Waals surface area contributed by atoms with Gasteiger partial charge in [-0.3, -0.25) is 4.57 Å². The maximum atomic E-state index is 5.61. The van der Waals surface area contributed by atoms with Crippen LogP contribution in [0.1, 0.15) is 5.69 Å². The predicted molar refractivity (Wildman–Crippen MR) is 100 cm³/mol. The largest absolute Gasteiger partial charge is 0.446 e. The molecule has 0 aromatic carbocycles. The van der Waals surface area contributed by atoms with E-state index in [-0.39, 0.29) is 0 Å². The first kappa shape index (κ1) is 16.2. The highest BCUT2D eigenvalue weighted by atomic mass is 79.9. The maximum absolute atomic E-state index is 5.61. The first-order valence-corrected chi connectivity index (χ1v) is 9.37. The number of allylic oxidation sites excluding steroid dienone is 1. The molecule has 0 fully saturated rings. The van der Waals surface area contributed by atoms with E-state index in [0.29, 0.717) is 28.6 Å². The normalized spacial score (nSPS) is 11.2. The van der Waals surface area contributed by atoms with Crippen molar-refractivity contribution in [1.82, 2.24) is 24.1 Å². The van der Waals surface area contributed by atoms with Crippen molar-refractivity contribution in [2.75, 3.05) is 0 Å². The average molecular weight is 416 g/mol. The van der Waals surface area contributed by atoms with Crippen molar-refractivity contribution in [3.05, 3.63) is 65.7 Å². The second-order valence-corrected chi connectivity index (χ2v) is 7.02. The van der Waals surface area contributed by atoms with Crippen LogP contribution < -0.4 is 0 Å². The second kappa shape index (κ2) is 6.89. The monoisotopic (exact) mass is 415 g/mol. The van der Waals surface area contributed by atoms with Crippen LogP contribution in [0.4, 0.5) is 0 Å². The molecule has 0 unspecified atom stereocenters. The first-order valence-electron chi connectivity index (χ1n) is 7.60. The molecule has 0 saturated heterocycles. The van der Waals surface area contributed by atoms with E-state index in [1.165, 1.54) is 0 Å². The van der Waals surface area contributed by atoms with Gasteiger partial charge in [0, 0.05) is 24.7 Å². The second-order valence-electron chi connectivity index (χ2n) is 5.30. The average Bonchev–Trinajstić information content (AvgIpc) is 3.31. The van der Waals surface area contributed by atoms with E-state index in [9.17, 15) is 0 Å². The minimum Gasteiger partial charge on any atom is -0.446 e. The zero-order valence-electron chi connectivity index (χ0n) is 13.2. The number of fused-ring (bicyclic) bond motifs is 1. The Labute approximate surface area is 156 Å². The van der Waals surface area contributed by atoms with Crippen molar-refractivity contribution in [2.24, 2.45) is 0 Å². The molecule has 0 atom stereocenters. The van der Waals surface area contributed by atoms with Crippen molar-refractivity contribution in [2.45, 2.75) is 17.5 Å². The molecule has 126 valence electrons. The number of imidazole rings is 1. The summed E-state index contributed by atoms with van der Waals surface area (Å²) >= 11 is 4.91. The Morgan fingerprint density at radius 3 is 2.92 bits per heavy atom. The van der Waals surface area contributed by atoms with E-state index in [2.05, 4.69) is 37.7 Å². The summed E-state index contributed by atoms with van der Waals surface area (Å²) in [5.41, 5.74) is 1.93. The number of hydrogen-bond acceptors (Lipinski definition) is 5. The van der Waals surface area contributed by atoms with E-state index in [1.807, 2.05) is 57.8 Å². The van der Waals surface area contributed by atoms with Crippen molar-refractivity contribution < 1.29 is 4.42 Å². The molecule has 6 nitrogen and oxygen atoms in total. The maximum Gasteiger partial charge on any atom is 0.200 e. The van der Waals surface area contributed by atoms with Gasteiger partial charge in [0.1, 0.15) is 5.65 Å². The third kappa shape index (κ3) is 3.27. The Morgan fingerprint density at radius 2 is 2.16 bits per heavy atom. The molecular weight excluding hydrogens is 402 g/mol. The molecule has 0 radical (unpaired) electrons. The van der Waals surface area contributed by atoms with Crippen molar-refractivity contribution >= 4 is 33.3 Å². The van der Waals surface area contributed by atoms with Crippen molar-refractivity contribution in [3.8, 4) is 11.6 Å². The molecule has 0 spiro atoms. The Hall–Kier alpha value is -2.32. The summed E-state index contributed by atoms with van der Waals surface area (Å²) in [6.45, 7) is 4.43. The van der Waals surface area contributed by atoms with Crippen LogP contribution in [0.3, 0.4) is 0 Å². The number of thioether (sulfide) groups is 1. The van der Waals surface area contributed by atoms with E-state index in [4.69, 9.17) is 4.42 Å². The summed E-state index contributed by atoms with van der Waals surface area (Å²) in [5, 5.41) is 9.39. The lowest BCUT2D eigenvalue weighted by molar-refractivity contribution is 0.545. The van der Waals surface area contributed by atoms with E-state index in [1.54, 1.807) is 11.8 Å². The Kier molecular flexibility index (Phi) is 4.46. The van der Waals surface area contributed by atoms with Gasteiger partial charge >= 0.3 is 0 Å². The Balaban J connectivity index is 1.59. The summed E-state index contributed by atoms with van der Waals surface area (Å²) in [4.78, 5) is 4.61. The molecule has 0 saturated carbocycles. The molecule has 0 aliphatic rings. The molecule has 0 aliphatic heterocycles. The first-order chi connectivity index (χ1) is 12.2. The van der Waals surface area contributed by atoms with Gasteiger partial charge in [-0.15, -0.1) is 16.8 Å². The van der Waals surface area contributed by atoms with Gasteiger partial charge in [0.2, 0.25) is 5.82 Å². The van der Waals surface area contributed by atoms with Crippen LogP contribution >= 0.6 is 27.7 Å². The summed E-state index contributed by atoms with van der Waals surface area (Å²) in [7, 11) is 0. The third-order valence-corrected chi connectivity index (χ3v) is 5.01. The van der Waals surface area contributed by atoms with Gasteiger partial charge in [-0.25, -0.2) is 4.98 Å². The van der Waals surface area contributed by atoms with Crippen LogP contribution in [0.2, 0.25) is 0 Å². The molecule has 4 heterocycles. The molecule has 0 aliphatic carbocycles. The standard InChI is InChI=1S/C17H14BrN5OS/c1-2-8-23-16(13-6-7-14(18)24-13)20-21-17(23)25-11-12-10-22-9-4-3-5-15(22)19-12/h2-7,9-10H,1,8,11H2. The molecule has 0 N–H and O–H groups in total. The van der Waals surface area contributed by atoms with Crippen LogP contribution in [0.15, 0.2) is 69.6 Å². The van der Waals surface area contributed by atoms with Crippen molar-refractivity contribution in [1.29, 1.82) is 0 Å². The number of nitrogens with zero attached hydrogens (tertiary/aromatic N) is 5. The summed E-state index contributed by atoms with van der Waals surface area (Å²) in [5.74, 6) is 2.06. The fourth-order valence-corrected chi connectivity index (χ4v) is 3.64. The van der Waals surface area contributed by atoms with E-state index < -0.39 is 0 Å². The molecule has 4 rings (SSSR count). The molecule has 4 aromatic rings. The van der Waals surface area contributed by atoms with Gasteiger partial charge in [-0.1, -0.05) is 23.9 Å². The number of furan rings is 1. The smallest absolute Gasteiger partial charge is 0.200 e. The van der Waals surface area contributed by atoms with Gasteiger partial charge in [0.05, 0.1) is 5.69 Å². The third-order valence-electron chi connectivity index (χ3n) is 3.59. The fourth-order valence-electron chi connectivity index (χ4n) is 2.50. The Morgan fingerprint density at radius 1 is 1.24 bits per heavy atom. The highest BCUT2D eigenvalue weighted by Gasteiger charge is 2.16. The molecular formula is C17H14BrN5OS. The lowest BCUT2D eigenvalue weighted by Crippen LogP contribution is -2.00. The highest BCUT2D eigenvalue weighted by Crippen LogP contribution is 2.28. The van der Waals surface area contributed by atoms with Crippen LogP contribution in [0.25, 0.3) is 17.2 Å². The SMILES string of the molecule is C=CCn1c(SCc2cn3ccccc3n2)nnc1-c1ccc(Br)o1. The number of aromatic nitrogens is 5. The minimum absolute atomic E-state index is 0.605. The molecule has 0 amide bonds. The van der Waals surface area contributed by atoms with Gasteiger partial charge < -0.3 is 8.82 Å². The van der Waals surface area contributed by atoms with E-state index >= 15 is 0 Å². The zero-order chi connectivity index (χ0) is 17.2. The summed E-state index contributed by atoms with van der Waals surface area (Å²) in [6.07, 6.45) is 5.84. The van der Waals surface area contributed by atoms with Gasteiger partial charge in [-0.2, -0.15) is 0 Å². The lowest BCUT2D eigenvalue weighted by atomic mass is 10.4. The van der Waals surface area contributed by atoms with Gasteiger partial charge in [0.25, 0.3) is 0 Å². The van der Waals surface area contributed by atoms with Gasteiger partial charge in [-0.05, 0) is 40.2 Å². The van der Waals surface area contributed by atoms with E-state index in [0.717, 1.165) is 16.5 Å². The highest BCUT2D eigenvalue weighted by molar-refractivity contribution is 9.10. The molecule has 25 heavy (non-hydrogen) atoms. The lowest BCUT2D eigenvalue weighted by Gasteiger charge is -2.05. The quantitative estimate of drug-likeness (QED) is 0.344. The van der Waals surface area contributed by atoms with Crippen LogP contribution in [-0.4, -0.2) is 24.1 Å². The number of hydrogen-bond donors (Lipinski definition) is 0. The summed E-state index contributed by atoms with van der Waals surface area (Å²) < 4.78 is 10.3. The number of rotatable bonds is 6. The van der Waals surface area contributed by atoms with Crippen LogP contribution in [0.5, 0.6) is 0 Å². The molecule has 8 heteroatoms. The zero-order valence-corrected chi connectivity index (χ0v) is 15.6. The van der Waals surface area contributed by atoms with Gasteiger partial charge in [0.15, 0.2) is 15.6 Å². The number of pyridine rings is 1. The molecule has 4 aromatic heterocycles. The van der Waals surface area contributed by atoms with Crippen molar-refractivity contribution in [3.63, 3.8) is 0 Å². The minimum atomic E-state index is 0.605.